The maximum absolute atomic E-state index is 13.3. The molecule has 9 nitrogen and oxygen atoms in total. The first-order valence-electron chi connectivity index (χ1n) is 12.2. The summed E-state index contributed by atoms with van der Waals surface area (Å²) in [6, 6.07) is 10.1. The summed E-state index contributed by atoms with van der Waals surface area (Å²) in [5, 5.41) is 0.751. The summed E-state index contributed by atoms with van der Waals surface area (Å²) >= 11 is 9.75. The molecule has 0 atom stereocenters. The van der Waals surface area contributed by atoms with Gasteiger partial charge in [0, 0.05) is 54.3 Å². The molecule has 2 aromatic heterocycles. The van der Waals surface area contributed by atoms with E-state index >= 15 is 0 Å². The number of aromatic nitrogens is 2. The fourth-order valence-electron chi connectivity index (χ4n) is 4.52. The number of furan rings is 1. The topological polar surface area (TPSA) is 101 Å². The average molecular weight is 621 g/mol. The molecule has 0 bridgehead atoms. The molecule has 0 spiro atoms. The van der Waals surface area contributed by atoms with Crippen molar-refractivity contribution in [2.45, 2.75) is 24.9 Å². The van der Waals surface area contributed by atoms with Crippen LogP contribution in [0.4, 0.5) is 5.69 Å². The number of benzene rings is 2. The number of rotatable bonds is 8. The van der Waals surface area contributed by atoms with Crippen molar-refractivity contribution >= 4 is 54.0 Å². The molecule has 12 heteroatoms. The van der Waals surface area contributed by atoms with Gasteiger partial charge in [0.2, 0.25) is 0 Å². The van der Waals surface area contributed by atoms with Gasteiger partial charge in [0.1, 0.15) is 6.33 Å². The second kappa shape index (κ2) is 11.2. The van der Waals surface area contributed by atoms with Gasteiger partial charge in [-0.15, -0.1) is 0 Å². The van der Waals surface area contributed by atoms with Crippen LogP contribution in [0, 0.1) is 0 Å². The highest BCUT2D eigenvalue weighted by Gasteiger charge is 2.20. The van der Waals surface area contributed by atoms with E-state index in [9.17, 15) is 13.2 Å². The van der Waals surface area contributed by atoms with E-state index in [0.29, 0.717) is 15.9 Å². The monoisotopic (exact) mass is 619 g/mol. The van der Waals surface area contributed by atoms with Gasteiger partial charge < -0.3 is 4.42 Å². The molecule has 1 fully saturated rings. The first kappa shape index (κ1) is 26.9. The molecule has 1 aliphatic rings. The lowest BCUT2D eigenvalue weighted by Crippen LogP contribution is -2.45. The van der Waals surface area contributed by atoms with Gasteiger partial charge in [-0.05, 0) is 42.0 Å². The van der Waals surface area contributed by atoms with Crippen molar-refractivity contribution in [3.8, 4) is 0 Å². The molecule has 4 aromatic rings. The van der Waals surface area contributed by atoms with E-state index in [1.165, 1.54) is 34.8 Å². The molecule has 3 heterocycles. The number of hydrogen-bond donors (Lipinski definition) is 1. The van der Waals surface area contributed by atoms with E-state index in [1.807, 2.05) is 12.1 Å². The van der Waals surface area contributed by atoms with E-state index in [4.69, 9.17) is 16.0 Å². The minimum Gasteiger partial charge on any atom is -0.472 e. The second-order valence-corrected chi connectivity index (χ2v) is 12.8. The van der Waals surface area contributed by atoms with Crippen molar-refractivity contribution in [2.75, 3.05) is 37.4 Å². The molecular formula is C26H27BrClN5O4S. The second-order valence-electron chi connectivity index (χ2n) is 9.22. The van der Waals surface area contributed by atoms with Gasteiger partial charge in [-0.3, -0.25) is 20.0 Å². The van der Waals surface area contributed by atoms with Gasteiger partial charge in [-0.1, -0.05) is 34.5 Å². The molecule has 0 amide bonds. The lowest BCUT2D eigenvalue weighted by Gasteiger charge is -2.34. The lowest BCUT2D eigenvalue weighted by molar-refractivity contribution is 0.121. The van der Waals surface area contributed by atoms with Crippen LogP contribution in [0.5, 0.6) is 0 Å². The summed E-state index contributed by atoms with van der Waals surface area (Å²) in [7, 11) is -3.54. The molecule has 0 radical (unpaired) electrons. The van der Waals surface area contributed by atoms with Crippen molar-refractivity contribution < 1.29 is 12.8 Å². The zero-order chi connectivity index (χ0) is 26.9. The first-order chi connectivity index (χ1) is 18.2. The SMILES string of the molecule is CCS(=O)(=O)c1ccc(Cl)cc1Nn1cnc2cc(CN3CCN(Cc4ccoc4)CC3)c(Br)cc2c1=O. The van der Waals surface area contributed by atoms with Crippen molar-refractivity contribution in [3.63, 3.8) is 0 Å². The molecule has 0 unspecified atom stereocenters. The van der Waals surface area contributed by atoms with Crippen LogP contribution in [0.1, 0.15) is 18.1 Å². The number of sulfone groups is 1. The largest absolute Gasteiger partial charge is 0.472 e. The highest BCUT2D eigenvalue weighted by Crippen LogP contribution is 2.27. The van der Waals surface area contributed by atoms with Crippen LogP contribution in [0.2, 0.25) is 5.02 Å². The summed E-state index contributed by atoms with van der Waals surface area (Å²) in [6.45, 7) is 6.98. The number of nitrogens with zero attached hydrogens (tertiary/aromatic N) is 4. The Bertz CT molecular complexity index is 1620. The Hall–Kier alpha value is -2.70. The van der Waals surface area contributed by atoms with Gasteiger partial charge >= 0.3 is 0 Å². The molecule has 200 valence electrons. The smallest absolute Gasteiger partial charge is 0.280 e. The van der Waals surface area contributed by atoms with Crippen molar-refractivity contribution in [1.29, 1.82) is 0 Å². The third kappa shape index (κ3) is 5.81. The highest BCUT2D eigenvalue weighted by molar-refractivity contribution is 9.10. The molecule has 1 aliphatic heterocycles. The van der Waals surface area contributed by atoms with Gasteiger partial charge in [-0.25, -0.2) is 18.1 Å². The van der Waals surface area contributed by atoms with Gasteiger partial charge in [0.05, 0.1) is 39.8 Å². The Balaban J connectivity index is 1.34. The summed E-state index contributed by atoms with van der Waals surface area (Å²) < 4.78 is 32.3. The van der Waals surface area contributed by atoms with Crippen LogP contribution in [-0.2, 0) is 22.9 Å². The zero-order valence-corrected chi connectivity index (χ0v) is 23.9. The highest BCUT2D eigenvalue weighted by atomic mass is 79.9. The van der Waals surface area contributed by atoms with E-state index in [2.05, 4.69) is 36.1 Å². The number of anilines is 1. The standard InChI is InChI=1S/C26H27BrClN5O4S/c1-2-38(35,36)25-4-3-20(28)12-24(25)30-33-17-29-23-11-19(22(27)13-21(23)26(33)34)15-32-8-6-31(7-9-32)14-18-5-10-37-16-18/h3-5,10-13,16-17,30H,2,6-9,14-15H2,1H3. The quantitative estimate of drug-likeness (QED) is 0.310. The third-order valence-electron chi connectivity index (χ3n) is 6.67. The van der Waals surface area contributed by atoms with E-state index < -0.39 is 9.84 Å². The van der Waals surface area contributed by atoms with Gasteiger partial charge in [-0.2, -0.15) is 0 Å². The molecular weight excluding hydrogens is 594 g/mol. The molecule has 5 rings (SSSR count). The van der Waals surface area contributed by atoms with Crippen LogP contribution in [0.3, 0.4) is 0 Å². The van der Waals surface area contributed by atoms with Crippen LogP contribution in [-0.4, -0.2) is 59.8 Å². The lowest BCUT2D eigenvalue weighted by atomic mass is 10.1. The Kier molecular flexibility index (Phi) is 7.92. The zero-order valence-electron chi connectivity index (χ0n) is 20.7. The number of halogens is 2. The van der Waals surface area contributed by atoms with Crippen molar-refractivity contribution in [2.24, 2.45) is 0 Å². The first-order valence-corrected chi connectivity index (χ1v) is 15.0. The molecule has 1 saturated heterocycles. The van der Waals surface area contributed by atoms with E-state index in [-0.39, 0.29) is 21.9 Å². The number of piperazine rings is 1. The normalized spacial score (nSPS) is 15.2. The average Bonchev–Trinajstić information content (AvgIpc) is 3.41. The van der Waals surface area contributed by atoms with Crippen molar-refractivity contribution in [3.05, 3.63) is 86.2 Å². The van der Waals surface area contributed by atoms with Crippen LogP contribution < -0.4 is 11.0 Å². The minimum atomic E-state index is -3.54. The summed E-state index contributed by atoms with van der Waals surface area (Å²) in [5.41, 5.74) is 5.53. The summed E-state index contributed by atoms with van der Waals surface area (Å²) in [4.78, 5) is 22.6. The van der Waals surface area contributed by atoms with Gasteiger partial charge in [0.25, 0.3) is 5.56 Å². The third-order valence-corrected chi connectivity index (χ3v) is 9.43. The fraction of sp³-hybridized carbons (Fsp3) is 0.308. The predicted octanol–water partition coefficient (Wildman–Crippen LogP) is 4.39. The Labute approximate surface area is 234 Å². The number of fused-ring (bicyclic) bond motifs is 1. The Morgan fingerprint density at radius 3 is 2.50 bits per heavy atom. The molecule has 38 heavy (non-hydrogen) atoms. The maximum Gasteiger partial charge on any atom is 0.280 e. The molecule has 1 N–H and O–H groups in total. The molecule has 2 aromatic carbocycles. The predicted molar refractivity (Wildman–Crippen MR) is 151 cm³/mol. The van der Waals surface area contributed by atoms with Gasteiger partial charge in [0.15, 0.2) is 9.84 Å². The van der Waals surface area contributed by atoms with Crippen LogP contribution >= 0.6 is 27.5 Å². The Morgan fingerprint density at radius 2 is 1.82 bits per heavy atom. The van der Waals surface area contributed by atoms with E-state index in [0.717, 1.165) is 49.3 Å². The summed E-state index contributed by atoms with van der Waals surface area (Å²) in [5.74, 6) is -0.0800. The minimum absolute atomic E-state index is 0.0674. The molecule has 0 saturated carbocycles. The molecule has 0 aliphatic carbocycles. The van der Waals surface area contributed by atoms with Crippen molar-refractivity contribution in [1.82, 2.24) is 19.5 Å². The number of hydrogen-bond acceptors (Lipinski definition) is 8. The van der Waals surface area contributed by atoms with E-state index in [1.54, 1.807) is 25.5 Å². The van der Waals surface area contributed by atoms with Crippen LogP contribution in [0.15, 0.2) is 73.8 Å². The van der Waals surface area contributed by atoms with Crippen LogP contribution in [0.25, 0.3) is 10.9 Å². The summed E-state index contributed by atoms with van der Waals surface area (Å²) in [6.07, 6.45) is 4.85. The fourth-order valence-corrected chi connectivity index (χ4v) is 6.19. The maximum atomic E-state index is 13.3. The Morgan fingerprint density at radius 1 is 1.08 bits per heavy atom. The number of nitrogens with one attached hydrogen (secondary N) is 1.